The van der Waals surface area contributed by atoms with Crippen LogP contribution >= 0.6 is 11.6 Å². The second-order valence-electron chi connectivity index (χ2n) is 12.1. The van der Waals surface area contributed by atoms with E-state index < -0.39 is 0 Å². The largest absolute Gasteiger partial charge is 0.463 e. The third-order valence-electron chi connectivity index (χ3n) is 10.6. The zero-order chi connectivity index (χ0) is 23.3. The molecule has 32 heavy (non-hydrogen) atoms. The lowest BCUT2D eigenvalue weighted by Gasteiger charge is -2.62. The maximum Gasteiger partial charge on any atom is 0.302 e. The number of ether oxygens (including phenoxy) is 2. The van der Waals surface area contributed by atoms with Crippen molar-refractivity contribution in [3.8, 4) is 0 Å². The molecule has 0 radical (unpaired) electrons. The van der Waals surface area contributed by atoms with E-state index >= 15 is 0 Å². The third-order valence-corrected chi connectivity index (χ3v) is 10.8. The fourth-order valence-corrected chi connectivity index (χ4v) is 9.53. The van der Waals surface area contributed by atoms with Gasteiger partial charge in [0, 0.05) is 25.6 Å². The Bertz CT molecular complexity index is 724. The molecule has 4 aliphatic carbocycles. The van der Waals surface area contributed by atoms with Gasteiger partial charge in [0.15, 0.2) is 0 Å². The summed E-state index contributed by atoms with van der Waals surface area (Å²) in [5, 5.41) is 0. The molecule has 0 spiro atoms. The van der Waals surface area contributed by atoms with Crippen molar-refractivity contribution in [3.63, 3.8) is 0 Å². The summed E-state index contributed by atoms with van der Waals surface area (Å²) in [6.45, 7) is 10.5. The van der Waals surface area contributed by atoms with Crippen LogP contribution in [0.4, 0.5) is 0 Å². The Morgan fingerprint density at radius 2 is 1.59 bits per heavy atom. The maximum atomic E-state index is 12.2. The molecule has 10 atom stereocenters. The van der Waals surface area contributed by atoms with Gasteiger partial charge in [0.1, 0.15) is 12.2 Å². The van der Waals surface area contributed by atoms with Crippen molar-refractivity contribution in [1.29, 1.82) is 0 Å². The van der Waals surface area contributed by atoms with Gasteiger partial charge in [0.05, 0.1) is 0 Å². The van der Waals surface area contributed by atoms with Crippen molar-refractivity contribution >= 4 is 23.5 Å². The van der Waals surface area contributed by atoms with Crippen molar-refractivity contribution in [2.75, 3.05) is 5.88 Å². The van der Waals surface area contributed by atoms with Crippen LogP contribution in [0.3, 0.4) is 0 Å². The zero-order valence-corrected chi connectivity index (χ0v) is 21.5. The normalized spacial score (nSPS) is 46.4. The smallest absolute Gasteiger partial charge is 0.302 e. The van der Waals surface area contributed by atoms with Gasteiger partial charge >= 0.3 is 11.9 Å². The van der Waals surface area contributed by atoms with Crippen LogP contribution in [0.5, 0.6) is 0 Å². The zero-order valence-electron chi connectivity index (χ0n) is 20.7. The van der Waals surface area contributed by atoms with E-state index in [-0.39, 0.29) is 29.6 Å². The van der Waals surface area contributed by atoms with Gasteiger partial charge in [-0.15, -0.1) is 11.6 Å². The van der Waals surface area contributed by atoms with Crippen LogP contribution in [0.2, 0.25) is 0 Å². The summed E-state index contributed by atoms with van der Waals surface area (Å²) >= 11 is 6.14. The van der Waals surface area contributed by atoms with E-state index in [1.807, 2.05) is 0 Å². The molecule has 4 aliphatic rings. The number of halogens is 1. The highest BCUT2D eigenvalue weighted by Gasteiger charge is 2.63. The van der Waals surface area contributed by atoms with Crippen LogP contribution in [0, 0.1) is 46.3 Å². The van der Waals surface area contributed by atoms with Crippen molar-refractivity contribution in [1.82, 2.24) is 0 Å². The fourth-order valence-electron chi connectivity index (χ4n) is 9.18. The van der Waals surface area contributed by atoms with Crippen molar-refractivity contribution in [2.45, 2.75) is 105 Å². The lowest BCUT2D eigenvalue weighted by molar-refractivity contribution is -0.197. The first-order valence-corrected chi connectivity index (χ1v) is 13.5. The Balaban J connectivity index is 1.62. The first-order chi connectivity index (χ1) is 15.1. The van der Waals surface area contributed by atoms with Crippen LogP contribution in [0.1, 0.15) is 92.4 Å². The molecule has 182 valence electrons. The summed E-state index contributed by atoms with van der Waals surface area (Å²) < 4.78 is 11.7. The highest BCUT2D eigenvalue weighted by atomic mass is 35.5. The molecule has 0 bridgehead atoms. The molecule has 0 aromatic heterocycles. The minimum absolute atomic E-state index is 0.00152. The summed E-state index contributed by atoms with van der Waals surface area (Å²) in [5.74, 6) is 3.89. The van der Waals surface area contributed by atoms with Gasteiger partial charge in [0.25, 0.3) is 0 Å². The number of alkyl halides is 1. The van der Waals surface area contributed by atoms with Gasteiger partial charge in [-0.25, -0.2) is 0 Å². The van der Waals surface area contributed by atoms with Gasteiger partial charge in [-0.3, -0.25) is 9.59 Å². The minimum atomic E-state index is -0.180. The predicted molar refractivity (Wildman–Crippen MR) is 126 cm³/mol. The maximum absolute atomic E-state index is 12.2. The number of hydrogen-bond acceptors (Lipinski definition) is 4. The Hall–Kier alpha value is -0.770. The predicted octanol–water partition coefficient (Wildman–Crippen LogP) is 6.38. The molecule has 4 rings (SSSR count). The van der Waals surface area contributed by atoms with Crippen LogP contribution in [0.25, 0.3) is 0 Å². The Labute approximate surface area is 199 Å². The summed E-state index contributed by atoms with van der Waals surface area (Å²) in [5.41, 5.74) is 0.572. The summed E-state index contributed by atoms with van der Waals surface area (Å²) in [6, 6.07) is 0. The Morgan fingerprint density at radius 3 is 2.25 bits per heavy atom. The highest BCUT2D eigenvalue weighted by molar-refractivity contribution is 6.17. The average molecular weight is 467 g/mol. The van der Waals surface area contributed by atoms with Crippen LogP contribution in [0.15, 0.2) is 0 Å². The molecule has 4 saturated carbocycles. The van der Waals surface area contributed by atoms with Gasteiger partial charge in [-0.2, -0.15) is 0 Å². The van der Waals surface area contributed by atoms with Gasteiger partial charge in [0.2, 0.25) is 0 Å². The second-order valence-corrected chi connectivity index (χ2v) is 12.4. The molecular weight excluding hydrogens is 424 g/mol. The number of carbonyl (C=O) groups excluding carboxylic acids is 2. The molecule has 0 N–H and O–H groups in total. The standard InChI is InChI=1S/C27H43ClO4/c1-16(10-13-28)21-6-7-22-25-23(9-12-27(21,22)5)26(4)11-8-20(31-17(2)29)14-19(26)15-24(25)32-18(3)30/h16,19-25H,6-15H2,1-5H3/t16-,19+,20-,21-,22+,23+,24-,25+,26+,27-/m1/s1. The van der Waals surface area contributed by atoms with E-state index in [4.69, 9.17) is 21.1 Å². The van der Waals surface area contributed by atoms with Crippen molar-refractivity contribution < 1.29 is 19.1 Å². The van der Waals surface area contributed by atoms with E-state index in [0.717, 1.165) is 43.9 Å². The number of esters is 2. The molecule has 0 aromatic carbocycles. The molecule has 0 saturated heterocycles. The summed E-state index contributed by atoms with van der Waals surface area (Å²) in [6.07, 6.45) is 10.0. The van der Waals surface area contributed by atoms with Gasteiger partial charge in [-0.05, 0) is 98.2 Å². The average Bonchev–Trinajstić information content (AvgIpc) is 3.05. The summed E-state index contributed by atoms with van der Waals surface area (Å²) in [4.78, 5) is 23.7. The number of rotatable bonds is 5. The van der Waals surface area contributed by atoms with Crippen molar-refractivity contribution in [3.05, 3.63) is 0 Å². The van der Waals surface area contributed by atoms with E-state index in [2.05, 4.69) is 20.8 Å². The van der Waals surface area contributed by atoms with Crippen molar-refractivity contribution in [2.24, 2.45) is 46.3 Å². The van der Waals surface area contributed by atoms with Crippen LogP contribution in [-0.4, -0.2) is 30.0 Å². The Morgan fingerprint density at radius 1 is 0.938 bits per heavy atom. The molecule has 0 aromatic rings. The van der Waals surface area contributed by atoms with E-state index in [0.29, 0.717) is 35.0 Å². The van der Waals surface area contributed by atoms with Crippen LogP contribution < -0.4 is 0 Å². The number of fused-ring (bicyclic) bond motifs is 5. The van der Waals surface area contributed by atoms with E-state index in [1.54, 1.807) is 6.92 Å². The third kappa shape index (κ3) is 4.12. The van der Waals surface area contributed by atoms with Gasteiger partial charge < -0.3 is 9.47 Å². The molecule has 0 heterocycles. The Kier molecular flexibility index (Phi) is 6.94. The van der Waals surface area contributed by atoms with E-state index in [9.17, 15) is 9.59 Å². The minimum Gasteiger partial charge on any atom is -0.463 e. The first-order valence-electron chi connectivity index (χ1n) is 13.0. The SMILES string of the molecule is CC(=O)O[C@@H]1CC[C@@]2(C)[C@@H](C1)C[C@@H](OC(C)=O)[C@@H]1[C@@H]2CC[C@]2(C)[C@@H]([C@H](C)CCCl)CC[C@@H]12. The molecule has 4 nitrogen and oxygen atoms in total. The fraction of sp³-hybridized carbons (Fsp3) is 0.926. The second kappa shape index (κ2) is 9.12. The quantitative estimate of drug-likeness (QED) is 0.348. The van der Waals surface area contributed by atoms with Crippen LogP contribution in [-0.2, 0) is 19.1 Å². The summed E-state index contributed by atoms with van der Waals surface area (Å²) in [7, 11) is 0. The molecule has 0 unspecified atom stereocenters. The van der Waals surface area contributed by atoms with E-state index in [1.165, 1.54) is 32.6 Å². The molecule has 5 heteroatoms. The monoisotopic (exact) mass is 466 g/mol. The number of hydrogen-bond donors (Lipinski definition) is 0. The lowest BCUT2D eigenvalue weighted by atomic mass is 9.43. The number of carbonyl (C=O) groups is 2. The highest BCUT2D eigenvalue weighted by Crippen LogP contribution is 2.68. The molecule has 0 aliphatic heterocycles. The topological polar surface area (TPSA) is 52.6 Å². The molecular formula is C27H43ClO4. The first kappa shape index (κ1) is 24.4. The molecule has 0 amide bonds. The lowest BCUT2D eigenvalue weighted by Crippen LogP contribution is -2.59. The molecule has 4 fully saturated rings. The van der Waals surface area contributed by atoms with Gasteiger partial charge in [-0.1, -0.05) is 20.8 Å².